The van der Waals surface area contributed by atoms with Gasteiger partial charge in [0.1, 0.15) is 17.4 Å². The summed E-state index contributed by atoms with van der Waals surface area (Å²) >= 11 is 3.06. The molecule has 0 radical (unpaired) electrons. The average molecular weight is 356 g/mol. The Labute approximate surface area is 131 Å². The normalized spacial score (nSPS) is 13.8. The molecular weight excluding hydrogens is 340 g/mol. The minimum Gasteiger partial charge on any atom is -0.496 e. The number of rotatable bonds is 4. The van der Waals surface area contributed by atoms with E-state index in [2.05, 4.69) is 15.9 Å². The summed E-state index contributed by atoms with van der Waals surface area (Å²) < 4.78 is 33.5. The molecule has 2 aromatic carbocycles. The maximum absolute atomic E-state index is 14.1. The summed E-state index contributed by atoms with van der Waals surface area (Å²) in [7, 11) is 1.54. The van der Waals surface area contributed by atoms with Crippen molar-refractivity contribution in [3.63, 3.8) is 0 Å². The fourth-order valence-corrected chi connectivity index (χ4v) is 2.68. The molecule has 0 aliphatic carbocycles. The van der Waals surface area contributed by atoms with E-state index in [-0.39, 0.29) is 16.5 Å². The highest BCUT2D eigenvalue weighted by Gasteiger charge is 2.28. The number of hydrogen-bond acceptors (Lipinski definition) is 2. The predicted octanol–water partition coefficient (Wildman–Crippen LogP) is 4.15. The molecule has 21 heavy (non-hydrogen) atoms. The van der Waals surface area contributed by atoms with Gasteiger partial charge in [-0.2, -0.15) is 0 Å². The Morgan fingerprint density at radius 1 is 1.19 bits per heavy atom. The Kier molecular flexibility index (Phi) is 4.64. The first-order valence-corrected chi connectivity index (χ1v) is 7.21. The van der Waals surface area contributed by atoms with Crippen LogP contribution in [0, 0.1) is 11.6 Å². The molecule has 0 aliphatic rings. The predicted molar refractivity (Wildman–Crippen MR) is 82.3 cm³/mol. The van der Waals surface area contributed by atoms with Crippen LogP contribution in [-0.2, 0) is 12.0 Å². The van der Waals surface area contributed by atoms with Crippen LogP contribution in [0.5, 0.6) is 5.75 Å². The molecule has 5 heteroatoms. The summed E-state index contributed by atoms with van der Waals surface area (Å²) in [6, 6.07) is 9.77. The SMILES string of the molecule is COc1ccccc1C(C)(N)Cc1c(F)ccc(Br)c1F. The highest BCUT2D eigenvalue weighted by Crippen LogP contribution is 2.33. The van der Waals surface area contributed by atoms with Crippen LogP contribution in [-0.4, -0.2) is 7.11 Å². The van der Waals surface area contributed by atoms with E-state index in [9.17, 15) is 8.78 Å². The summed E-state index contributed by atoms with van der Waals surface area (Å²) in [4.78, 5) is 0. The van der Waals surface area contributed by atoms with Gasteiger partial charge in [-0.3, -0.25) is 0 Å². The van der Waals surface area contributed by atoms with Gasteiger partial charge in [-0.05, 0) is 41.1 Å². The van der Waals surface area contributed by atoms with Gasteiger partial charge in [0.25, 0.3) is 0 Å². The van der Waals surface area contributed by atoms with Gasteiger partial charge >= 0.3 is 0 Å². The highest BCUT2D eigenvalue weighted by molar-refractivity contribution is 9.10. The van der Waals surface area contributed by atoms with Gasteiger partial charge in [0.15, 0.2) is 0 Å². The molecule has 0 fully saturated rings. The zero-order valence-electron chi connectivity index (χ0n) is 11.8. The zero-order chi connectivity index (χ0) is 15.6. The maximum Gasteiger partial charge on any atom is 0.143 e. The minimum atomic E-state index is -0.963. The number of halogens is 3. The van der Waals surface area contributed by atoms with Crippen molar-refractivity contribution in [2.75, 3.05) is 7.11 Å². The van der Waals surface area contributed by atoms with Crippen molar-refractivity contribution >= 4 is 15.9 Å². The van der Waals surface area contributed by atoms with Crippen LogP contribution in [0.2, 0.25) is 0 Å². The van der Waals surface area contributed by atoms with E-state index >= 15 is 0 Å². The number of methoxy groups -OCH3 is 1. The van der Waals surface area contributed by atoms with E-state index in [4.69, 9.17) is 10.5 Å². The van der Waals surface area contributed by atoms with Crippen LogP contribution < -0.4 is 10.5 Å². The van der Waals surface area contributed by atoms with E-state index < -0.39 is 17.2 Å². The Bertz CT molecular complexity index is 659. The molecule has 1 unspecified atom stereocenters. The summed E-state index contributed by atoms with van der Waals surface area (Å²) in [6.07, 6.45) is 0.0183. The van der Waals surface area contributed by atoms with Gasteiger partial charge in [-0.1, -0.05) is 18.2 Å². The van der Waals surface area contributed by atoms with Crippen molar-refractivity contribution < 1.29 is 13.5 Å². The van der Waals surface area contributed by atoms with Crippen molar-refractivity contribution in [2.24, 2.45) is 5.73 Å². The Hall–Kier alpha value is -1.46. The average Bonchev–Trinajstić information content (AvgIpc) is 2.47. The first-order chi connectivity index (χ1) is 9.86. The number of para-hydroxylation sites is 1. The van der Waals surface area contributed by atoms with Gasteiger partial charge in [0, 0.05) is 23.1 Å². The Balaban J connectivity index is 2.45. The molecule has 0 saturated heterocycles. The first-order valence-electron chi connectivity index (χ1n) is 6.41. The van der Waals surface area contributed by atoms with Gasteiger partial charge in [-0.15, -0.1) is 0 Å². The van der Waals surface area contributed by atoms with Crippen molar-refractivity contribution in [3.8, 4) is 5.75 Å². The van der Waals surface area contributed by atoms with Crippen LogP contribution in [0.15, 0.2) is 40.9 Å². The van der Waals surface area contributed by atoms with Gasteiger partial charge in [0.05, 0.1) is 11.6 Å². The topological polar surface area (TPSA) is 35.2 Å². The molecule has 2 aromatic rings. The van der Waals surface area contributed by atoms with Gasteiger partial charge in [-0.25, -0.2) is 8.78 Å². The van der Waals surface area contributed by atoms with E-state index in [1.165, 1.54) is 19.2 Å². The second kappa shape index (κ2) is 6.12. The third-order valence-corrected chi connectivity index (χ3v) is 4.02. The molecule has 0 amide bonds. The number of benzene rings is 2. The monoisotopic (exact) mass is 355 g/mol. The summed E-state index contributed by atoms with van der Waals surface area (Å²) in [5.74, 6) is -0.637. The molecule has 2 nitrogen and oxygen atoms in total. The smallest absolute Gasteiger partial charge is 0.143 e. The summed E-state index contributed by atoms with van der Waals surface area (Å²) in [5.41, 5.74) is 6.00. The van der Waals surface area contributed by atoms with E-state index in [0.717, 1.165) is 0 Å². The van der Waals surface area contributed by atoms with Crippen LogP contribution in [0.25, 0.3) is 0 Å². The lowest BCUT2D eigenvalue weighted by atomic mass is 9.85. The minimum absolute atomic E-state index is 0.0183. The van der Waals surface area contributed by atoms with Crippen LogP contribution >= 0.6 is 15.9 Å². The third-order valence-electron chi connectivity index (χ3n) is 3.41. The van der Waals surface area contributed by atoms with Crippen molar-refractivity contribution in [1.29, 1.82) is 0 Å². The summed E-state index contributed by atoms with van der Waals surface area (Å²) in [6.45, 7) is 1.73. The fraction of sp³-hybridized carbons (Fsp3) is 0.250. The van der Waals surface area contributed by atoms with Gasteiger partial charge < -0.3 is 10.5 Å². The maximum atomic E-state index is 14.1. The number of hydrogen-bond donors (Lipinski definition) is 1. The molecule has 0 bridgehead atoms. The molecule has 0 aliphatic heterocycles. The first kappa shape index (κ1) is 15.9. The van der Waals surface area contributed by atoms with Crippen LogP contribution in [0.4, 0.5) is 8.78 Å². The molecule has 2 rings (SSSR count). The fourth-order valence-electron chi connectivity index (χ4n) is 2.31. The molecular formula is C16H16BrF2NO. The van der Waals surface area contributed by atoms with Crippen LogP contribution in [0.1, 0.15) is 18.1 Å². The standard InChI is InChI=1S/C16H16BrF2NO/c1-16(20,11-5-3-4-6-14(11)21-2)9-10-13(18)8-7-12(17)15(10)19/h3-8H,9,20H2,1-2H3. The molecule has 2 N–H and O–H groups in total. The molecule has 112 valence electrons. The van der Waals surface area contributed by atoms with Crippen molar-refractivity contribution in [1.82, 2.24) is 0 Å². The highest BCUT2D eigenvalue weighted by atomic mass is 79.9. The van der Waals surface area contributed by atoms with Crippen LogP contribution in [0.3, 0.4) is 0 Å². The summed E-state index contributed by atoms with van der Waals surface area (Å²) in [5, 5.41) is 0. The Morgan fingerprint density at radius 2 is 1.86 bits per heavy atom. The molecule has 0 aromatic heterocycles. The molecule has 0 spiro atoms. The number of ether oxygens (including phenoxy) is 1. The number of nitrogens with two attached hydrogens (primary N) is 1. The molecule has 0 saturated carbocycles. The van der Waals surface area contributed by atoms with E-state index in [0.29, 0.717) is 11.3 Å². The van der Waals surface area contributed by atoms with Crippen molar-refractivity contribution in [3.05, 3.63) is 63.6 Å². The molecule has 0 heterocycles. The zero-order valence-corrected chi connectivity index (χ0v) is 13.4. The lowest BCUT2D eigenvalue weighted by Gasteiger charge is -2.27. The third kappa shape index (κ3) is 3.24. The largest absolute Gasteiger partial charge is 0.496 e. The quantitative estimate of drug-likeness (QED) is 0.836. The lowest BCUT2D eigenvalue weighted by molar-refractivity contribution is 0.382. The van der Waals surface area contributed by atoms with E-state index in [1.54, 1.807) is 19.1 Å². The van der Waals surface area contributed by atoms with Crippen molar-refractivity contribution in [2.45, 2.75) is 18.9 Å². The Morgan fingerprint density at radius 3 is 2.52 bits per heavy atom. The second-order valence-corrected chi connectivity index (χ2v) is 5.97. The molecule has 1 atom stereocenters. The van der Waals surface area contributed by atoms with Gasteiger partial charge in [0.2, 0.25) is 0 Å². The van der Waals surface area contributed by atoms with E-state index in [1.807, 2.05) is 12.1 Å². The lowest BCUT2D eigenvalue weighted by Crippen LogP contribution is -2.36. The second-order valence-electron chi connectivity index (χ2n) is 5.12.